The number of hydrogen-bond acceptors (Lipinski definition) is 2. The fourth-order valence-electron chi connectivity index (χ4n) is 1.25. The Balaban J connectivity index is 2.59. The van der Waals surface area contributed by atoms with Crippen LogP contribution < -0.4 is 5.32 Å². The third-order valence-electron chi connectivity index (χ3n) is 2.22. The molecule has 3 nitrogen and oxygen atoms in total. The van der Waals surface area contributed by atoms with Gasteiger partial charge in [0.25, 0.3) is 10.2 Å². The second-order valence-electron chi connectivity index (χ2n) is 5.30. The van der Waals surface area contributed by atoms with Crippen LogP contribution in [0, 0.1) is 0 Å². The van der Waals surface area contributed by atoms with E-state index in [2.05, 4.69) is 10.3 Å². The van der Waals surface area contributed by atoms with Crippen LogP contribution in [-0.2, 0) is 6.54 Å². The van der Waals surface area contributed by atoms with Crippen LogP contribution in [0.25, 0.3) is 0 Å². The summed E-state index contributed by atoms with van der Waals surface area (Å²) in [4.78, 5) is 0. The van der Waals surface area contributed by atoms with Crippen LogP contribution in [0.15, 0.2) is 6.20 Å². The molecule has 0 aliphatic rings. The SMILES string of the molecule is C[Si](C)(C)c1cn(CCCS(F)(F)(F)(F)F)nn1. The van der Waals surface area contributed by atoms with Crippen molar-refractivity contribution in [3.63, 3.8) is 0 Å². The van der Waals surface area contributed by atoms with Crippen LogP contribution in [0.3, 0.4) is 0 Å². The second kappa shape index (κ2) is 3.68. The van der Waals surface area contributed by atoms with E-state index in [1.165, 1.54) is 10.9 Å². The van der Waals surface area contributed by atoms with Gasteiger partial charge in [-0.05, 0) is 6.42 Å². The lowest BCUT2D eigenvalue weighted by molar-refractivity contribution is 0.359. The Bertz CT molecular complexity index is 435. The number of rotatable bonds is 5. The molecule has 1 aromatic rings. The van der Waals surface area contributed by atoms with Gasteiger partial charge in [-0.1, -0.05) is 44.3 Å². The molecular weight excluding hydrogens is 293 g/mol. The summed E-state index contributed by atoms with van der Waals surface area (Å²) in [6.45, 7) is 5.82. The third-order valence-corrected chi connectivity index (χ3v) is 5.05. The normalized spacial score (nSPS) is 17.3. The number of halogens is 5. The van der Waals surface area contributed by atoms with E-state index in [4.69, 9.17) is 0 Å². The van der Waals surface area contributed by atoms with Crippen LogP contribution in [0.4, 0.5) is 19.4 Å². The van der Waals surface area contributed by atoms with Crippen molar-refractivity contribution in [2.75, 3.05) is 5.75 Å². The molecule has 0 bridgehead atoms. The predicted molar refractivity (Wildman–Crippen MR) is 65.6 cm³/mol. The monoisotopic (exact) mass is 309 g/mol. The molecule has 0 fully saturated rings. The van der Waals surface area contributed by atoms with E-state index in [-0.39, 0.29) is 6.54 Å². The maximum absolute atomic E-state index is 12.1. The van der Waals surface area contributed by atoms with Crippen molar-refractivity contribution in [3.8, 4) is 0 Å². The van der Waals surface area contributed by atoms with Crippen LogP contribution in [0.2, 0.25) is 19.6 Å². The van der Waals surface area contributed by atoms with Gasteiger partial charge in [-0.15, -0.1) is 5.10 Å². The number of nitrogens with zero attached hydrogens (tertiary/aromatic N) is 3. The van der Waals surface area contributed by atoms with Gasteiger partial charge in [-0.25, -0.2) is 0 Å². The summed E-state index contributed by atoms with van der Waals surface area (Å²) in [7, 11) is -11.0. The summed E-state index contributed by atoms with van der Waals surface area (Å²) < 4.78 is 61.6. The highest BCUT2D eigenvalue weighted by Crippen LogP contribution is 2.97. The zero-order valence-electron chi connectivity index (χ0n) is 10.3. The molecule has 0 aromatic carbocycles. The topological polar surface area (TPSA) is 30.7 Å². The molecule has 1 heterocycles. The Morgan fingerprint density at radius 2 is 1.72 bits per heavy atom. The third kappa shape index (κ3) is 5.80. The Kier molecular flexibility index (Phi) is 3.16. The van der Waals surface area contributed by atoms with E-state index in [0.717, 1.165) is 5.32 Å². The molecular formula is C8H16F5N3SSi. The van der Waals surface area contributed by atoms with E-state index in [9.17, 15) is 19.4 Å². The molecule has 1 rings (SSSR count). The minimum Gasteiger partial charge on any atom is -0.253 e. The first kappa shape index (κ1) is 15.4. The summed E-state index contributed by atoms with van der Waals surface area (Å²) in [5, 5.41) is 8.25. The summed E-state index contributed by atoms with van der Waals surface area (Å²) >= 11 is 0. The minimum absolute atomic E-state index is 0.205. The van der Waals surface area contributed by atoms with Crippen LogP contribution in [-0.4, -0.2) is 28.8 Å². The standard InChI is InChI=1S/C8H16F5N3SSi/c1-18(2,3)8-7-16(15-14-8)5-4-6-17(9,10,11,12)13/h7H,4-6H2,1-3H3. The van der Waals surface area contributed by atoms with E-state index < -0.39 is 30.5 Å². The highest BCUT2D eigenvalue weighted by Gasteiger charge is 2.62. The Morgan fingerprint density at radius 3 is 2.11 bits per heavy atom. The van der Waals surface area contributed by atoms with Gasteiger partial charge in [0.05, 0.1) is 11.1 Å². The lowest BCUT2D eigenvalue weighted by Crippen LogP contribution is -2.38. The average molecular weight is 309 g/mol. The highest BCUT2D eigenvalue weighted by molar-refractivity contribution is 8.45. The molecule has 0 atom stereocenters. The van der Waals surface area contributed by atoms with Gasteiger partial charge in [0.15, 0.2) is 0 Å². The van der Waals surface area contributed by atoms with Crippen molar-refractivity contribution in [2.45, 2.75) is 32.6 Å². The maximum Gasteiger partial charge on any atom is 0.285 e. The van der Waals surface area contributed by atoms with E-state index in [0.29, 0.717) is 0 Å². The lowest BCUT2D eigenvalue weighted by atomic mass is 10.5. The van der Waals surface area contributed by atoms with Gasteiger partial charge in [0.1, 0.15) is 8.07 Å². The quantitative estimate of drug-likeness (QED) is 0.615. The van der Waals surface area contributed by atoms with Crippen LogP contribution in [0.1, 0.15) is 6.42 Å². The summed E-state index contributed by atoms with van der Waals surface area (Å²) in [5.41, 5.74) is 0. The van der Waals surface area contributed by atoms with Gasteiger partial charge >= 0.3 is 0 Å². The van der Waals surface area contributed by atoms with Gasteiger partial charge < -0.3 is 0 Å². The number of hydrogen-bond donors (Lipinski definition) is 0. The average Bonchev–Trinajstić information content (AvgIpc) is 2.46. The lowest BCUT2D eigenvalue weighted by Gasteiger charge is -2.40. The Morgan fingerprint density at radius 1 is 1.17 bits per heavy atom. The van der Waals surface area contributed by atoms with E-state index in [1.807, 2.05) is 19.6 Å². The van der Waals surface area contributed by atoms with Crippen molar-refractivity contribution in [1.29, 1.82) is 0 Å². The molecule has 18 heavy (non-hydrogen) atoms. The second-order valence-corrected chi connectivity index (χ2v) is 13.0. The predicted octanol–water partition coefficient (Wildman–Crippen LogP) is 3.51. The Labute approximate surface area is 103 Å². The number of aromatic nitrogens is 3. The van der Waals surface area contributed by atoms with E-state index >= 15 is 0 Å². The fourth-order valence-corrected chi connectivity index (χ4v) is 2.81. The van der Waals surface area contributed by atoms with Crippen LogP contribution in [0.5, 0.6) is 0 Å². The summed E-state index contributed by atoms with van der Waals surface area (Å²) in [5.74, 6) is -2.05. The van der Waals surface area contributed by atoms with Crippen molar-refractivity contribution in [2.24, 2.45) is 0 Å². The molecule has 0 unspecified atom stereocenters. The maximum atomic E-state index is 12.1. The zero-order chi connectivity index (χ0) is 14.3. The molecule has 108 valence electrons. The van der Waals surface area contributed by atoms with Gasteiger partial charge in [-0.2, -0.15) is 0 Å². The molecule has 0 amide bonds. The fraction of sp³-hybridized carbons (Fsp3) is 0.750. The first-order chi connectivity index (χ1) is 7.66. The zero-order valence-corrected chi connectivity index (χ0v) is 12.2. The molecule has 0 radical (unpaired) electrons. The molecule has 0 aliphatic heterocycles. The van der Waals surface area contributed by atoms with Gasteiger partial charge in [-0.3, -0.25) is 4.68 Å². The van der Waals surface area contributed by atoms with Crippen molar-refractivity contribution < 1.29 is 19.4 Å². The van der Waals surface area contributed by atoms with Crippen molar-refractivity contribution in [1.82, 2.24) is 15.0 Å². The molecule has 0 N–H and O–H groups in total. The molecule has 0 aliphatic carbocycles. The smallest absolute Gasteiger partial charge is 0.253 e. The van der Waals surface area contributed by atoms with Gasteiger partial charge in [0.2, 0.25) is 0 Å². The molecule has 1 aromatic heterocycles. The van der Waals surface area contributed by atoms with Crippen molar-refractivity contribution >= 4 is 23.6 Å². The first-order valence-corrected chi connectivity index (χ1v) is 10.9. The largest absolute Gasteiger partial charge is 0.285 e. The first-order valence-electron chi connectivity index (χ1n) is 5.30. The summed E-state index contributed by atoms with van der Waals surface area (Å²) in [6.07, 6.45) is 0.851. The molecule has 0 saturated carbocycles. The molecule has 0 saturated heterocycles. The molecule has 0 spiro atoms. The van der Waals surface area contributed by atoms with Crippen LogP contribution >= 0.6 is 10.2 Å². The van der Waals surface area contributed by atoms with Crippen molar-refractivity contribution in [3.05, 3.63) is 6.20 Å². The number of aryl methyl sites for hydroxylation is 1. The summed E-state index contributed by atoms with van der Waals surface area (Å²) in [6, 6.07) is 0. The molecule has 10 heteroatoms. The Hall–Kier alpha value is -0.643. The van der Waals surface area contributed by atoms with Gasteiger partial charge in [0, 0.05) is 12.7 Å². The minimum atomic E-state index is -9.29. The van der Waals surface area contributed by atoms with E-state index in [1.54, 1.807) is 0 Å². The highest BCUT2D eigenvalue weighted by atomic mass is 32.5.